The first-order chi connectivity index (χ1) is 2.89. The van der Waals surface area contributed by atoms with E-state index in [0.29, 0.717) is 0 Å². The molecule has 31 valence electrons. The zero-order chi connectivity index (χ0) is 4.41. The summed E-state index contributed by atoms with van der Waals surface area (Å²) in [5.74, 6) is 0.287. The molecular weight excluding hydrogens is 78.1 g/mol. The van der Waals surface area contributed by atoms with Crippen LogP contribution >= 0.6 is 0 Å². The van der Waals surface area contributed by atoms with Gasteiger partial charge in [-0.05, 0) is 0 Å². The van der Waals surface area contributed by atoms with Crippen LogP contribution in [0.25, 0.3) is 0 Å². The molecular formula is C3H4N3. The van der Waals surface area contributed by atoms with Gasteiger partial charge in [0, 0.05) is 12.3 Å². The molecule has 0 spiro atoms. The first-order valence-electron chi connectivity index (χ1n) is 1.61. The summed E-state index contributed by atoms with van der Waals surface area (Å²) in [5.41, 5.74) is 5.95. The van der Waals surface area contributed by atoms with Crippen LogP contribution in [0.3, 0.4) is 0 Å². The molecule has 0 amide bonds. The third-order valence-electron chi connectivity index (χ3n) is 0.501. The third kappa shape index (κ3) is 0.337. The largest absolute Gasteiger partial charge is 0.284 e. The van der Waals surface area contributed by atoms with Crippen molar-refractivity contribution in [3.05, 3.63) is 12.3 Å². The van der Waals surface area contributed by atoms with Crippen LogP contribution in [-0.4, -0.2) is 5.84 Å². The Bertz CT molecular complexity index is 94.2. The summed E-state index contributed by atoms with van der Waals surface area (Å²) >= 11 is 0. The highest BCUT2D eigenvalue weighted by Gasteiger charge is 1.93. The van der Waals surface area contributed by atoms with Crippen LogP contribution in [0, 0.1) is 5.41 Å². The van der Waals surface area contributed by atoms with Gasteiger partial charge in [0.2, 0.25) is 0 Å². The van der Waals surface area contributed by atoms with Gasteiger partial charge in [-0.15, -0.1) is 0 Å². The van der Waals surface area contributed by atoms with Gasteiger partial charge in [0.1, 0.15) is 0 Å². The molecule has 3 heteroatoms. The molecule has 0 aromatic rings. The maximum Gasteiger partial charge on any atom is 0.166 e. The van der Waals surface area contributed by atoms with E-state index in [1.807, 2.05) is 0 Å². The van der Waals surface area contributed by atoms with E-state index in [9.17, 15) is 0 Å². The number of hydrogen-bond donors (Lipinski definition) is 2. The van der Waals surface area contributed by atoms with Crippen LogP contribution in [0.4, 0.5) is 0 Å². The molecule has 1 radical (unpaired) electrons. The molecule has 0 fully saturated rings. The first kappa shape index (κ1) is 3.21. The summed E-state index contributed by atoms with van der Waals surface area (Å²) in [6.45, 7) is 0. The molecule has 6 heavy (non-hydrogen) atoms. The quantitative estimate of drug-likeness (QED) is 0.410. The molecule has 1 aliphatic heterocycles. The maximum atomic E-state index is 6.73. The number of nitrogens with zero attached hydrogens (tertiary/aromatic N) is 1. The van der Waals surface area contributed by atoms with Crippen LogP contribution < -0.4 is 10.9 Å². The Hall–Kier alpha value is -0.990. The summed E-state index contributed by atoms with van der Waals surface area (Å²) in [6, 6.07) is 0. The number of rotatable bonds is 0. The third-order valence-corrected chi connectivity index (χ3v) is 0.501. The van der Waals surface area contributed by atoms with Crippen LogP contribution in [-0.2, 0) is 0 Å². The lowest BCUT2D eigenvalue weighted by Gasteiger charge is -1.82. The first-order valence-corrected chi connectivity index (χ1v) is 1.61. The highest BCUT2D eigenvalue weighted by molar-refractivity contribution is 5.91. The van der Waals surface area contributed by atoms with Gasteiger partial charge < -0.3 is 0 Å². The van der Waals surface area contributed by atoms with Gasteiger partial charge in [0.25, 0.3) is 0 Å². The number of amidine groups is 1. The molecule has 0 bridgehead atoms. The summed E-state index contributed by atoms with van der Waals surface area (Å²) in [7, 11) is 0. The van der Waals surface area contributed by atoms with Gasteiger partial charge >= 0.3 is 0 Å². The van der Waals surface area contributed by atoms with Crippen molar-refractivity contribution in [1.29, 1.82) is 5.41 Å². The van der Waals surface area contributed by atoms with Crippen molar-refractivity contribution in [2.45, 2.75) is 0 Å². The molecule has 0 aromatic heterocycles. The highest BCUT2D eigenvalue weighted by Crippen LogP contribution is 1.76. The molecule has 0 aromatic carbocycles. The molecule has 1 aliphatic rings. The SMILES string of the molecule is N=C1C=CN[N]1. The fraction of sp³-hybridized carbons (Fsp3) is 0. The predicted molar refractivity (Wildman–Crippen MR) is 22.1 cm³/mol. The van der Waals surface area contributed by atoms with Crippen LogP contribution in [0.2, 0.25) is 0 Å². The summed E-state index contributed by atoms with van der Waals surface area (Å²) in [5, 5.41) is 6.73. The minimum atomic E-state index is 0.287. The zero-order valence-electron chi connectivity index (χ0n) is 3.10. The summed E-state index contributed by atoms with van der Waals surface area (Å²) in [4.78, 5) is 0. The van der Waals surface area contributed by atoms with Gasteiger partial charge in [0.15, 0.2) is 5.84 Å². The molecule has 0 atom stereocenters. The molecule has 3 nitrogen and oxygen atoms in total. The maximum absolute atomic E-state index is 6.73. The molecule has 1 heterocycles. The molecule has 2 N–H and O–H groups in total. The number of nitrogens with one attached hydrogen (secondary N) is 2. The standard InChI is InChI=1S/C3H4N3/c4-3-1-2-5-6-3/h1-2,4-5H. The number of hydrogen-bond acceptors (Lipinski definition) is 2. The second kappa shape index (κ2) is 1.01. The monoisotopic (exact) mass is 82.0 g/mol. The lowest BCUT2D eigenvalue weighted by molar-refractivity contribution is 0.830. The minimum absolute atomic E-state index is 0.287. The molecule has 0 saturated heterocycles. The van der Waals surface area contributed by atoms with E-state index in [1.54, 1.807) is 12.3 Å². The van der Waals surface area contributed by atoms with Crippen molar-refractivity contribution in [2.24, 2.45) is 0 Å². The smallest absolute Gasteiger partial charge is 0.166 e. The Morgan fingerprint density at radius 2 is 2.67 bits per heavy atom. The minimum Gasteiger partial charge on any atom is -0.284 e. The van der Waals surface area contributed by atoms with E-state index in [2.05, 4.69) is 10.9 Å². The Kier molecular flexibility index (Phi) is 0.538. The van der Waals surface area contributed by atoms with Gasteiger partial charge in [-0.1, -0.05) is 0 Å². The lowest BCUT2D eigenvalue weighted by Crippen LogP contribution is -2.15. The lowest BCUT2D eigenvalue weighted by atomic mass is 10.6. The fourth-order valence-electron chi connectivity index (χ4n) is 0.260. The van der Waals surface area contributed by atoms with Crippen molar-refractivity contribution in [3.63, 3.8) is 0 Å². The van der Waals surface area contributed by atoms with E-state index in [0.717, 1.165) is 0 Å². The van der Waals surface area contributed by atoms with Crippen LogP contribution in [0.1, 0.15) is 0 Å². The van der Waals surface area contributed by atoms with Gasteiger partial charge in [0.05, 0.1) is 0 Å². The van der Waals surface area contributed by atoms with Crippen molar-refractivity contribution in [3.8, 4) is 0 Å². The van der Waals surface area contributed by atoms with Gasteiger partial charge in [-0.25, -0.2) is 0 Å². The Balaban J connectivity index is 2.59. The molecule has 0 aliphatic carbocycles. The summed E-state index contributed by atoms with van der Waals surface area (Å²) in [6.07, 6.45) is 3.20. The van der Waals surface area contributed by atoms with Crippen LogP contribution in [0.15, 0.2) is 12.3 Å². The van der Waals surface area contributed by atoms with Crippen molar-refractivity contribution < 1.29 is 0 Å². The normalized spacial score (nSPS) is 17.0. The summed E-state index contributed by atoms with van der Waals surface area (Å²) < 4.78 is 0. The average molecular weight is 82.1 g/mol. The zero-order valence-corrected chi connectivity index (χ0v) is 3.10. The van der Waals surface area contributed by atoms with E-state index >= 15 is 0 Å². The van der Waals surface area contributed by atoms with E-state index < -0.39 is 0 Å². The average Bonchev–Trinajstić information content (AvgIpc) is 1.86. The Morgan fingerprint density at radius 1 is 1.83 bits per heavy atom. The topological polar surface area (TPSA) is 50.0 Å². The molecule has 0 unspecified atom stereocenters. The van der Waals surface area contributed by atoms with E-state index in [4.69, 9.17) is 5.41 Å². The van der Waals surface area contributed by atoms with Crippen molar-refractivity contribution in [1.82, 2.24) is 10.9 Å². The second-order valence-electron chi connectivity index (χ2n) is 0.959. The van der Waals surface area contributed by atoms with Gasteiger partial charge in [-0.3, -0.25) is 10.8 Å². The van der Waals surface area contributed by atoms with E-state index in [-0.39, 0.29) is 5.84 Å². The Morgan fingerprint density at radius 3 is 2.83 bits per heavy atom. The van der Waals surface area contributed by atoms with Crippen LogP contribution in [0.5, 0.6) is 0 Å². The van der Waals surface area contributed by atoms with Crippen molar-refractivity contribution >= 4 is 5.84 Å². The van der Waals surface area contributed by atoms with E-state index in [1.165, 1.54) is 0 Å². The van der Waals surface area contributed by atoms with Gasteiger partial charge in [-0.2, -0.15) is 5.43 Å². The van der Waals surface area contributed by atoms with Crippen molar-refractivity contribution in [2.75, 3.05) is 0 Å². The Labute approximate surface area is 35.5 Å². The predicted octanol–water partition coefficient (Wildman–Crippen LogP) is -0.400. The molecule has 0 saturated carbocycles. The fourth-order valence-corrected chi connectivity index (χ4v) is 0.260. The molecule has 1 rings (SSSR count). The highest BCUT2D eigenvalue weighted by atomic mass is 15.4. The second-order valence-corrected chi connectivity index (χ2v) is 0.959.